The maximum atomic E-state index is 11.8. The predicted molar refractivity (Wildman–Crippen MR) is 74.8 cm³/mol. The summed E-state index contributed by atoms with van der Waals surface area (Å²) >= 11 is 0. The number of nitrogens with zero attached hydrogens (tertiary/aromatic N) is 3. The molecule has 114 valence electrons. The Kier molecular flexibility index (Phi) is 4.34. The van der Waals surface area contributed by atoms with Crippen LogP contribution < -0.4 is 11.3 Å². The van der Waals surface area contributed by atoms with E-state index < -0.39 is 5.56 Å². The molecule has 0 fully saturated rings. The van der Waals surface area contributed by atoms with E-state index in [9.17, 15) is 9.59 Å². The normalized spacial score (nSPS) is 11.4. The van der Waals surface area contributed by atoms with Gasteiger partial charge in [-0.05, 0) is 6.42 Å². The van der Waals surface area contributed by atoms with Crippen LogP contribution in [0, 0.1) is 5.92 Å². The lowest BCUT2D eigenvalue weighted by atomic mass is 10.1. The maximum Gasteiger partial charge on any atom is 0.280 e. The Morgan fingerprint density at radius 3 is 2.62 bits per heavy atom. The first kappa shape index (κ1) is 15.1. The zero-order valence-corrected chi connectivity index (χ0v) is 11.5. The number of aliphatic hydroxyl groups excluding tert-OH is 2. The Morgan fingerprint density at radius 1 is 1.38 bits per heavy atom. The number of aromatic nitrogens is 4. The molecular weight excluding hydrogens is 278 g/mol. The molecule has 0 bridgehead atoms. The van der Waals surface area contributed by atoms with E-state index in [1.54, 1.807) is 0 Å². The lowest BCUT2D eigenvalue weighted by Crippen LogP contribution is -2.17. The number of aromatic amines is 1. The molecule has 0 spiro atoms. The van der Waals surface area contributed by atoms with E-state index in [0.717, 1.165) is 0 Å². The van der Waals surface area contributed by atoms with Crippen molar-refractivity contribution in [2.24, 2.45) is 5.92 Å². The monoisotopic (exact) mass is 295 g/mol. The lowest BCUT2D eigenvalue weighted by molar-refractivity contribution is 0.0998. The van der Waals surface area contributed by atoms with Crippen molar-refractivity contribution in [2.45, 2.75) is 19.9 Å². The highest BCUT2D eigenvalue weighted by molar-refractivity contribution is 5.94. The summed E-state index contributed by atoms with van der Waals surface area (Å²) < 4.78 is 1.49. The van der Waals surface area contributed by atoms with Gasteiger partial charge in [0.1, 0.15) is 0 Å². The van der Waals surface area contributed by atoms with Gasteiger partial charge in [0, 0.05) is 32.6 Å². The first-order valence-electron chi connectivity index (χ1n) is 6.46. The van der Waals surface area contributed by atoms with Crippen LogP contribution in [-0.4, -0.2) is 48.7 Å². The second kappa shape index (κ2) is 6.02. The van der Waals surface area contributed by atoms with Crippen LogP contribution in [0.15, 0.2) is 4.79 Å². The fourth-order valence-electron chi connectivity index (χ4n) is 2.06. The van der Waals surface area contributed by atoms with Crippen LogP contribution in [-0.2, 0) is 6.54 Å². The molecule has 2 aromatic heterocycles. The molecule has 0 radical (unpaired) electrons. The summed E-state index contributed by atoms with van der Waals surface area (Å²) in [5.41, 5.74) is 5.26. The first-order valence-corrected chi connectivity index (χ1v) is 6.46. The van der Waals surface area contributed by atoms with Crippen LogP contribution in [0.4, 0.5) is 5.95 Å². The van der Waals surface area contributed by atoms with Crippen LogP contribution in [0.3, 0.4) is 0 Å². The van der Waals surface area contributed by atoms with Gasteiger partial charge in [-0.1, -0.05) is 0 Å². The molecule has 0 saturated carbocycles. The summed E-state index contributed by atoms with van der Waals surface area (Å²) in [7, 11) is 0. The van der Waals surface area contributed by atoms with Crippen LogP contribution in [0.25, 0.3) is 11.2 Å². The number of hydrogen-bond donors (Lipinski definition) is 4. The minimum absolute atomic E-state index is 0.0407. The smallest absolute Gasteiger partial charge is 0.280 e. The van der Waals surface area contributed by atoms with Crippen LogP contribution in [0.2, 0.25) is 0 Å². The fraction of sp³-hybridized carbons (Fsp3) is 0.500. The number of nitrogen functional groups attached to an aromatic ring is 1. The molecule has 0 aliphatic rings. The highest BCUT2D eigenvalue weighted by Crippen LogP contribution is 2.15. The molecule has 0 aliphatic heterocycles. The molecule has 5 N–H and O–H groups in total. The summed E-state index contributed by atoms with van der Waals surface area (Å²) in [4.78, 5) is 33.8. The number of anilines is 1. The number of ketones is 1. The number of rotatable bonds is 6. The van der Waals surface area contributed by atoms with E-state index in [2.05, 4.69) is 15.0 Å². The van der Waals surface area contributed by atoms with Crippen molar-refractivity contribution in [1.29, 1.82) is 0 Å². The molecule has 21 heavy (non-hydrogen) atoms. The van der Waals surface area contributed by atoms with Crippen molar-refractivity contribution in [3.63, 3.8) is 0 Å². The van der Waals surface area contributed by atoms with E-state index in [0.29, 0.717) is 6.42 Å². The van der Waals surface area contributed by atoms with E-state index >= 15 is 0 Å². The quantitative estimate of drug-likeness (QED) is 0.494. The standard InChI is InChI=1S/C12H17N5O4/c1-6(20)9-14-8-10(15-12(13)16-11(8)21)17(9)3-2-7(4-18)5-19/h7,18-19H,2-5H2,1H3,(H3,13,15,16,21). The molecule has 9 heteroatoms. The summed E-state index contributed by atoms with van der Waals surface area (Å²) in [5, 5.41) is 18.2. The molecule has 0 aliphatic carbocycles. The maximum absolute atomic E-state index is 11.8. The van der Waals surface area contributed by atoms with Crippen molar-refractivity contribution < 1.29 is 15.0 Å². The van der Waals surface area contributed by atoms with Crippen molar-refractivity contribution >= 4 is 22.9 Å². The minimum Gasteiger partial charge on any atom is -0.396 e. The average molecular weight is 295 g/mol. The first-order chi connectivity index (χ1) is 9.97. The zero-order valence-electron chi connectivity index (χ0n) is 11.5. The van der Waals surface area contributed by atoms with E-state index in [-0.39, 0.29) is 54.4 Å². The van der Waals surface area contributed by atoms with Crippen molar-refractivity contribution in [3.8, 4) is 0 Å². The number of fused-ring (bicyclic) bond motifs is 1. The summed E-state index contributed by atoms with van der Waals surface area (Å²) in [6.07, 6.45) is 0.410. The van der Waals surface area contributed by atoms with Gasteiger partial charge in [-0.3, -0.25) is 14.6 Å². The second-order valence-electron chi connectivity index (χ2n) is 4.79. The van der Waals surface area contributed by atoms with Crippen molar-refractivity contribution in [1.82, 2.24) is 19.5 Å². The van der Waals surface area contributed by atoms with Gasteiger partial charge in [-0.2, -0.15) is 4.98 Å². The van der Waals surface area contributed by atoms with Crippen LogP contribution >= 0.6 is 0 Å². The molecule has 9 nitrogen and oxygen atoms in total. The minimum atomic E-state index is -0.514. The van der Waals surface area contributed by atoms with Crippen molar-refractivity contribution in [3.05, 3.63) is 16.2 Å². The Labute approximate surface area is 119 Å². The van der Waals surface area contributed by atoms with Crippen LogP contribution in [0.5, 0.6) is 0 Å². The van der Waals surface area contributed by atoms with Gasteiger partial charge in [0.15, 0.2) is 22.8 Å². The highest BCUT2D eigenvalue weighted by Gasteiger charge is 2.19. The third kappa shape index (κ3) is 2.93. The molecule has 2 aromatic rings. The van der Waals surface area contributed by atoms with Gasteiger partial charge in [0.05, 0.1) is 0 Å². The Hall–Kier alpha value is -2.26. The van der Waals surface area contributed by atoms with E-state index in [1.807, 2.05) is 0 Å². The van der Waals surface area contributed by atoms with Gasteiger partial charge in [0.25, 0.3) is 5.56 Å². The molecule has 0 amide bonds. The predicted octanol–water partition coefficient (Wildman–Crippen LogP) is -1.10. The number of hydrogen-bond acceptors (Lipinski definition) is 7. The lowest BCUT2D eigenvalue weighted by Gasteiger charge is -2.12. The number of carbonyl (C=O) groups excluding carboxylic acids is 1. The number of imidazole rings is 1. The largest absolute Gasteiger partial charge is 0.396 e. The summed E-state index contributed by atoms with van der Waals surface area (Å²) in [6, 6.07) is 0. The number of Topliss-reactive ketones (excluding diaryl/α,β-unsaturated/α-hetero) is 1. The van der Waals surface area contributed by atoms with Crippen molar-refractivity contribution in [2.75, 3.05) is 18.9 Å². The summed E-state index contributed by atoms with van der Waals surface area (Å²) in [5.74, 6) is -0.593. The van der Waals surface area contributed by atoms with Gasteiger partial charge in [-0.15, -0.1) is 0 Å². The van der Waals surface area contributed by atoms with E-state index in [1.165, 1.54) is 11.5 Å². The molecule has 2 heterocycles. The van der Waals surface area contributed by atoms with Gasteiger partial charge < -0.3 is 20.5 Å². The summed E-state index contributed by atoms with van der Waals surface area (Å²) in [6.45, 7) is 1.28. The number of aliphatic hydroxyl groups is 2. The van der Waals surface area contributed by atoms with Gasteiger partial charge in [-0.25, -0.2) is 4.98 Å². The Bertz CT molecular complexity index is 716. The zero-order chi connectivity index (χ0) is 15.6. The molecule has 2 rings (SSSR count). The third-order valence-electron chi connectivity index (χ3n) is 3.22. The Balaban J connectivity index is 2.51. The topological polar surface area (TPSA) is 147 Å². The SMILES string of the molecule is CC(=O)c1nc2c(=O)[nH]c(N)nc2n1CCC(CO)CO. The second-order valence-corrected chi connectivity index (χ2v) is 4.79. The Morgan fingerprint density at radius 2 is 2.05 bits per heavy atom. The third-order valence-corrected chi connectivity index (χ3v) is 3.22. The number of nitrogens with one attached hydrogen (secondary N) is 1. The van der Waals surface area contributed by atoms with E-state index in [4.69, 9.17) is 15.9 Å². The molecule has 0 aromatic carbocycles. The number of aryl methyl sites for hydroxylation is 1. The number of carbonyl (C=O) groups is 1. The molecule has 0 unspecified atom stereocenters. The highest BCUT2D eigenvalue weighted by atomic mass is 16.3. The number of nitrogens with two attached hydrogens (primary N) is 1. The van der Waals surface area contributed by atoms with Crippen LogP contribution in [0.1, 0.15) is 24.0 Å². The fourth-order valence-corrected chi connectivity index (χ4v) is 2.06. The van der Waals surface area contributed by atoms with Gasteiger partial charge >= 0.3 is 0 Å². The number of H-pyrrole nitrogens is 1. The van der Waals surface area contributed by atoms with Gasteiger partial charge in [0.2, 0.25) is 5.95 Å². The molecule has 0 atom stereocenters. The molecular formula is C12H17N5O4. The molecule has 0 saturated heterocycles. The average Bonchev–Trinajstić information content (AvgIpc) is 2.79.